The van der Waals surface area contributed by atoms with Gasteiger partial charge >= 0.3 is 0 Å². The number of nitrogens with zero attached hydrogens (tertiary/aromatic N) is 5. The number of halogens is 1. The lowest BCUT2D eigenvalue weighted by molar-refractivity contribution is 0.313. The zero-order valence-corrected chi connectivity index (χ0v) is 26.1. The lowest BCUT2D eigenvalue weighted by atomic mass is 9.95. The normalized spacial score (nSPS) is 16.2. The largest absolute Gasteiger partial charge is 0.368 e. The average molecular weight is 605 g/mol. The quantitative estimate of drug-likeness (QED) is 0.266. The molecule has 1 aliphatic heterocycles. The molecule has 0 bridgehead atoms. The van der Waals surface area contributed by atoms with Gasteiger partial charge in [0.15, 0.2) is 0 Å². The molecule has 2 aromatic carbocycles. The number of anilines is 3. The third-order valence-corrected chi connectivity index (χ3v) is 9.59. The molecule has 0 amide bonds. The van der Waals surface area contributed by atoms with Crippen LogP contribution in [0.15, 0.2) is 82.8 Å². The van der Waals surface area contributed by atoms with E-state index in [-0.39, 0.29) is 16.4 Å². The van der Waals surface area contributed by atoms with Crippen LogP contribution in [0.1, 0.15) is 30.9 Å². The Morgan fingerprint density at radius 2 is 1.71 bits per heavy atom. The highest BCUT2D eigenvalue weighted by Crippen LogP contribution is 2.48. The van der Waals surface area contributed by atoms with Gasteiger partial charge in [-0.25, -0.2) is 9.37 Å². The maximum absolute atomic E-state index is 15.4. The summed E-state index contributed by atoms with van der Waals surface area (Å²) in [5.41, 5.74) is 4.97. The van der Waals surface area contributed by atoms with Crippen LogP contribution in [0.25, 0.3) is 27.6 Å². The van der Waals surface area contributed by atoms with E-state index < -0.39 is 11.4 Å². The van der Waals surface area contributed by atoms with Crippen LogP contribution in [0.5, 0.6) is 0 Å². The maximum Gasteiger partial charge on any atom is 0.274 e. The fourth-order valence-corrected chi connectivity index (χ4v) is 6.34. The van der Waals surface area contributed by atoms with Crippen molar-refractivity contribution in [2.45, 2.75) is 32.1 Å². The third kappa shape index (κ3) is 5.31. The summed E-state index contributed by atoms with van der Waals surface area (Å²) < 4.78 is 18.4. The van der Waals surface area contributed by atoms with E-state index >= 15 is 4.39 Å². The third-order valence-electron chi connectivity index (χ3n) is 9.59. The van der Waals surface area contributed by atoms with Gasteiger partial charge in [0.05, 0.1) is 23.0 Å². The van der Waals surface area contributed by atoms with Crippen molar-refractivity contribution in [3.63, 3.8) is 0 Å². The summed E-state index contributed by atoms with van der Waals surface area (Å²) in [4.78, 5) is 36.0. The maximum atomic E-state index is 15.4. The number of nitrogens with one attached hydrogen (secondary N) is 1. The summed E-state index contributed by atoms with van der Waals surface area (Å²) in [6.45, 7) is 7.99. The van der Waals surface area contributed by atoms with Crippen LogP contribution in [0.3, 0.4) is 0 Å². The molecule has 0 unspecified atom stereocenters. The zero-order valence-electron chi connectivity index (χ0n) is 26.1. The minimum absolute atomic E-state index is 0.00241. The van der Waals surface area contributed by atoms with E-state index in [0.29, 0.717) is 22.6 Å². The topological polar surface area (TPSA) is 75.4 Å². The van der Waals surface area contributed by atoms with Gasteiger partial charge in [0.25, 0.3) is 11.1 Å². The molecule has 0 radical (unpaired) electrons. The van der Waals surface area contributed by atoms with Gasteiger partial charge in [0, 0.05) is 51.2 Å². The average Bonchev–Trinajstić information content (AvgIpc) is 3.79. The van der Waals surface area contributed by atoms with Crippen LogP contribution >= 0.6 is 0 Å². The van der Waals surface area contributed by atoms with Crippen molar-refractivity contribution in [2.75, 3.05) is 43.4 Å². The van der Waals surface area contributed by atoms with E-state index in [1.54, 1.807) is 19.4 Å². The number of aryl methyl sites for hydroxylation is 1. The summed E-state index contributed by atoms with van der Waals surface area (Å²) in [7, 11) is 3.84. The highest BCUT2D eigenvalue weighted by molar-refractivity contribution is 5.84. The molecule has 4 heterocycles. The molecule has 230 valence electrons. The standard InChI is InChI=1S/C36H37FN6O2/c1-23-28(6-5-7-31(23)43-13-10-24-18-26(36(2)11-12-36)20-29(37)33(24)35(43)45)25-19-30(34(44)41(4)22-25)39-32-9-8-27(21-38-32)42-16-14-40(3)15-17-42/h5-10,13,18-22H,11-12,14-17H2,1-4H3,(H,38,39). The monoisotopic (exact) mass is 604 g/mol. The zero-order chi connectivity index (χ0) is 31.5. The number of hydrogen-bond acceptors (Lipinski definition) is 6. The molecule has 3 aromatic heterocycles. The van der Waals surface area contributed by atoms with Crippen LogP contribution in [-0.4, -0.2) is 52.2 Å². The molecular weight excluding hydrogens is 567 g/mol. The Balaban J connectivity index is 1.21. The Kier molecular flexibility index (Phi) is 7.08. The van der Waals surface area contributed by atoms with Gasteiger partial charge in [0.2, 0.25) is 0 Å². The van der Waals surface area contributed by atoms with Crippen molar-refractivity contribution in [1.82, 2.24) is 19.0 Å². The number of rotatable bonds is 6. The van der Waals surface area contributed by atoms with Crippen LogP contribution < -0.4 is 21.3 Å². The van der Waals surface area contributed by atoms with Crippen LogP contribution in [-0.2, 0) is 12.5 Å². The Labute approximate surface area is 261 Å². The number of likely N-dealkylation sites (N-methyl/N-ethyl adjacent to an activating group) is 1. The molecule has 45 heavy (non-hydrogen) atoms. The van der Waals surface area contributed by atoms with Crippen molar-refractivity contribution in [1.29, 1.82) is 0 Å². The summed E-state index contributed by atoms with van der Waals surface area (Å²) in [5, 5.41) is 3.92. The fourth-order valence-electron chi connectivity index (χ4n) is 6.34. The Morgan fingerprint density at radius 1 is 0.933 bits per heavy atom. The molecular formula is C36H37FN6O2. The molecule has 0 atom stereocenters. The van der Waals surface area contributed by atoms with Gasteiger partial charge in [-0.3, -0.25) is 14.2 Å². The highest BCUT2D eigenvalue weighted by Gasteiger charge is 2.39. The summed E-state index contributed by atoms with van der Waals surface area (Å²) >= 11 is 0. The van der Waals surface area contributed by atoms with Crippen LogP contribution in [0.2, 0.25) is 0 Å². The van der Waals surface area contributed by atoms with E-state index in [9.17, 15) is 9.59 Å². The minimum Gasteiger partial charge on any atom is -0.368 e. The van der Waals surface area contributed by atoms with Crippen molar-refractivity contribution < 1.29 is 4.39 Å². The Hall–Kier alpha value is -4.76. The summed E-state index contributed by atoms with van der Waals surface area (Å²) in [6.07, 6.45) is 7.41. The van der Waals surface area contributed by atoms with Crippen LogP contribution in [0, 0.1) is 12.7 Å². The first-order valence-corrected chi connectivity index (χ1v) is 15.4. The van der Waals surface area contributed by atoms with E-state index in [1.807, 2.05) is 61.7 Å². The van der Waals surface area contributed by atoms with Crippen molar-refractivity contribution in [3.05, 3.63) is 111 Å². The molecule has 1 saturated carbocycles. The molecule has 7 rings (SSSR count). The Bertz CT molecular complexity index is 2050. The number of pyridine rings is 3. The summed E-state index contributed by atoms with van der Waals surface area (Å²) in [5.74, 6) is 0.0962. The van der Waals surface area contributed by atoms with E-state index in [1.165, 1.54) is 15.2 Å². The lowest BCUT2D eigenvalue weighted by Gasteiger charge is -2.33. The predicted octanol–water partition coefficient (Wildman–Crippen LogP) is 5.75. The number of aromatic nitrogens is 3. The molecule has 8 nitrogen and oxygen atoms in total. The van der Waals surface area contributed by atoms with Gasteiger partial charge in [-0.05, 0) is 90.7 Å². The Morgan fingerprint density at radius 3 is 2.42 bits per heavy atom. The molecule has 2 fully saturated rings. The first-order chi connectivity index (χ1) is 21.6. The number of benzene rings is 2. The second-order valence-electron chi connectivity index (χ2n) is 12.8. The van der Waals surface area contributed by atoms with E-state index in [0.717, 1.165) is 67.0 Å². The van der Waals surface area contributed by atoms with Crippen LogP contribution in [0.4, 0.5) is 21.6 Å². The van der Waals surface area contributed by atoms with E-state index in [4.69, 9.17) is 0 Å². The van der Waals surface area contributed by atoms with Gasteiger partial charge in [-0.1, -0.05) is 25.1 Å². The predicted molar refractivity (Wildman–Crippen MR) is 179 cm³/mol. The number of fused-ring (bicyclic) bond motifs is 1. The smallest absolute Gasteiger partial charge is 0.274 e. The van der Waals surface area contributed by atoms with Gasteiger partial charge in [-0.2, -0.15) is 0 Å². The molecule has 2 aliphatic rings. The first-order valence-electron chi connectivity index (χ1n) is 15.4. The number of hydrogen-bond donors (Lipinski definition) is 1. The van der Waals surface area contributed by atoms with Crippen molar-refractivity contribution in [2.24, 2.45) is 7.05 Å². The highest BCUT2D eigenvalue weighted by atomic mass is 19.1. The molecule has 1 N–H and O–H groups in total. The molecule has 5 aromatic rings. The number of piperazine rings is 1. The SMILES string of the molecule is Cc1c(-c2cc(Nc3ccc(N4CCN(C)CC4)cn3)c(=O)n(C)c2)cccc1-n1ccc2cc(C3(C)CC3)cc(F)c2c1=O. The molecule has 1 aliphatic carbocycles. The van der Waals surface area contributed by atoms with Gasteiger partial charge in [0.1, 0.15) is 17.3 Å². The van der Waals surface area contributed by atoms with Crippen molar-refractivity contribution >= 4 is 28.0 Å². The fraction of sp³-hybridized carbons (Fsp3) is 0.306. The molecule has 0 spiro atoms. The van der Waals surface area contributed by atoms with Gasteiger partial charge < -0.3 is 19.7 Å². The summed E-state index contributed by atoms with van der Waals surface area (Å²) in [6, 6.07) is 16.7. The lowest BCUT2D eigenvalue weighted by Crippen LogP contribution is -2.44. The second-order valence-corrected chi connectivity index (χ2v) is 12.8. The second kappa shape index (κ2) is 11.0. The van der Waals surface area contributed by atoms with Crippen molar-refractivity contribution in [3.8, 4) is 16.8 Å². The molecule has 9 heteroatoms. The minimum atomic E-state index is -0.484. The van der Waals surface area contributed by atoms with Gasteiger partial charge in [-0.15, -0.1) is 0 Å². The van der Waals surface area contributed by atoms with E-state index in [2.05, 4.69) is 34.1 Å². The first kappa shape index (κ1) is 29.0. The molecule has 1 saturated heterocycles.